The lowest BCUT2D eigenvalue weighted by atomic mass is 9.49. The van der Waals surface area contributed by atoms with E-state index in [-0.39, 0.29) is 11.9 Å². The maximum Gasteiger partial charge on any atom is 0.233 e. The highest BCUT2D eigenvalue weighted by molar-refractivity contribution is 5.78. The molecule has 4 heteroatoms. The van der Waals surface area contributed by atoms with Crippen LogP contribution in [0.2, 0.25) is 0 Å². The summed E-state index contributed by atoms with van der Waals surface area (Å²) in [5.41, 5.74) is 1.49. The van der Waals surface area contributed by atoms with Gasteiger partial charge in [-0.25, -0.2) is 0 Å². The summed E-state index contributed by atoms with van der Waals surface area (Å²) in [6.07, 6.45) is 8.36. The van der Waals surface area contributed by atoms with E-state index in [0.717, 1.165) is 35.6 Å². The van der Waals surface area contributed by atoms with Crippen LogP contribution in [0, 0.1) is 23.2 Å². The van der Waals surface area contributed by atoms with E-state index in [9.17, 15) is 4.79 Å². The quantitative estimate of drug-likeness (QED) is 0.783. The van der Waals surface area contributed by atoms with Gasteiger partial charge < -0.3 is 15.4 Å². The van der Waals surface area contributed by atoms with E-state index in [1.54, 1.807) is 7.11 Å². The molecular formula is C22H32N2O2. The Morgan fingerprint density at radius 2 is 1.77 bits per heavy atom. The molecule has 4 nitrogen and oxygen atoms in total. The molecule has 26 heavy (non-hydrogen) atoms. The SMILES string of the molecule is COc1ccccc1[C@@H](C)NCC(=O)NCC12CC3CC(CC(C3)C1)C2. The number of benzene rings is 1. The molecule has 4 fully saturated rings. The van der Waals surface area contributed by atoms with E-state index in [4.69, 9.17) is 4.74 Å². The molecule has 0 spiro atoms. The van der Waals surface area contributed by atoms with Crippen LogP contribution in [-0.4, -0.2) is 26.1 Å². The first-order valence-corrected chi connectivity index (χ1v) is 10.2. The molecule has 0 aliphatic heterocycles. The van der Waals surface area contributed by atoms with Crippen molar-refractivity contribution < 1.29 is 9.53 Å². The van der Waals surface area contributed by atoms with Gasteiger partial charge in [0.05, 0.1) is 13.7 Å². The highest BCUT2D eigenvalue weighted by Crippen LogP contribution is 2.59. The Bertz CT molecular complexity index is 622. The summed E-state index contributed by atoms with van der Waals surface area (Å²) >= 11 is 0. The topological polar surface area (TPSA) is 50.4 Å². The zero-order valence-corrected chi connectivity index (χ0v) is 16.1. The first kappa shape index (κ1) is 17.8. The number of methoxy groups -OCH3 is 1. The highest BCUT2D eigenvalue weighted by Gasteiger charge is 2.50. The van der Waals surface area contributed by atoms with Gasteiger partial charge in [-0.1, -0.05) is 18.2 Å². The minimum Gasteiger partial charge on any atom is -0.496 e. The minimum atomic E-state index is 0.0800. The third-order valence-electron chi connectivity index (χ3n) is 7.00. The van der Waals surface area contributed by atoms with Crippen LogP contribution < -0.4 is 15.4 Å². The third kappa shape index (κ3) is 3.62. The number of hydrogen-bond acceptors (Lipinski definition) is 3. The predicted octanol–water partition coefficient (Wildman–Crippen LogP) is 3.68. The van der Waals surface area contributed by atoms with Crippen LogP contribution in [0.25, 0.3) is 0 Å². The Labute approximate surface area is 157 Å². The standard InChI is InChI=1S/C22H32N2O2/c1-15(19-5-3-4-6-20(19)26-2)23-13-21(25)24-14-22-10-16-7-17(11-22)9-18(8-16)12-22/h3-6,15-18,23H,7-14H2,1-2H3,(H,24,25)/t15-,16?,17?,18?,22?/m1/s1. The molecule has 1 amide bonds. The monoisotopic (exact) mass is 356 g/mol. The molecule has 1 aromatic rings. The molecule has 0 saturated heterocycles. The van der Waals surface area contributed by atoms with Gasteiger partial charge in [0.1, 0.15) is 5.75 Å². The molecule has 1 aromatic carbocycles. The van der Waals surface area contributed by atoms with Crippen LogP contribution in [0.1, 0.15) is 57.1 Å². The van der Waals surface area contributed by atoms with Gasteiger partial charge in [0, 0.05) is 18.2 Å². The Hall–Kier alpha value is -1.55. The largest absolute Gasteiger partial charge is 0.496 e. The van der Waals surface area contributed by atoms with Crippen LogP contribution in [-0.2, 0) is 4.79 Å². The molecule has 0 aromatic heterocycles. The van der Waals surface area contributed by atoms with Crippen LogP contribution in [0.3, 0.4) is 0 Å². The fraction of sp³-hybridized carbons (Fsp3) is 0.682. The molecule has 5 rings (SSSR count). The van der Waals surface area contributed by atoms with Crippen molar-refractivity contribution in [3.63, 3.8) is 0 Å². The van der Waals surface area contributed by atoms with Crippen molar-refractivity contribution in [2.24, 2.45) is 23.2 Å². The molecule has 4 bridgehead atoms. The number of para-hydroxylation sites is 1. The fourth-order valence-corrected chi connectivity index (χ4v) is 6.23. The number of carbonyl (C=O) groups excluding carboxylic acids is 1. The van der Waals surface area contributed by atoms with Crippen molar-refractivity contribution in [2.45, 2.75) is 51.5 Å². The van der Waals surface area contributed by atoms with Crippen molar-refractivity contribution >= 4 is 5.91 Å². The van der Waals surface area contributed by atoms with Gasteiger partial charge in [-0.15, -0.1) is 0 Å². The zero-order valence-electron chi connectivity index (χ0n) is 16.1. The minimum absolute atomic E-state index is 0.0800. The van der Waals surface area contributed by atoms with Crippen LogP contribution in [0.15, 0.2) is 24.3 Å². The number of carbonyl (C=O) groups is 1. The molecule has 0 unspecified atom stereocenters. The Morgan fingerprint density at radius 3 is 2.38 bits per heavy atom. The first-order chi connectivity index (χ1) is 12.6. The number of amides is 1. The highest BCUT2D eigenvalue weighted by atomic mass is 16.5. The van der Waals surface area contributed by atoms with Gasteiger partial charge >= 0.3 is 0 Å². The summed E-state index contributed by atoms with van der Waals surface area (Å²) in [6, 6.07) is 8.05. The van der Waals surface area contributed by atoms with E-state index in [2.05, 4.69) is 17.6 Å². The Morgan fingerprint density at radius 1 is 1.15 bits per heavy atom. The molecule has 4 saturated carbocycles. The number of rotatable bonds is 7. The predicted molar refractivity (Wildman–Crippen MR) is 103 cm³/mol. The fourth-order valence-electron chi connectivity index (χ4n) is 6.23. The van der Waals surface area contributed by atoms with Gasteiger partial charge in [0.25, 0.3) is 0 Å². The average Bonchev–Trinajstić information content (AvgIpc) is 2.63. The zero-order chi connectivity index (χ0) is 18.1. The Balaban J connectivity index is 1.27. The van der Waals surface area contributed by atoms with E-state index in [1.165, 1.54) is 38.5 Å². The van der Waals surface area contributed by atoms with Crippen LogP contribution in [0.4, 0.5) is 0 Å². The number of nitrogens with one attached hydrogen (secondary N) is 2. The lowest BCUT2D eigenvalue weighted by molar-refractivity contribution is -0.122. The lowest BCUT2D eigenvalue weighted by Gasteiger charge is -2.56. The summed E-state index contributed by atoms with van der Waals surface area (Å²) < 4.78 is 5.42. The van der Waals surface area contributed by atoms with Gasteiger partial charge in [-0.05, 0) is 74.7 Å². The van der Waals surface area contributed by atoms with Crippen LogP contribution >= 0.6 is 0 Å². The van der Waals surface area contributed by atoms with Crippen molar-refractivity contribution in [2.75, 3.05) is 20.2 Å². The molecule has 1 atom stereocenters. The van der Waals surface area contributed by atoms with Crippen molar-refractivity contribution in [3.8, 4) is 5.75 Å². The van der Waals surface area contributed by atoms with Crippen LogP contribution in [0.5, 0.6) is 5.75 Å². The smallest absolute Gasteiger partial charge is 0.233 e. The molecule has 4 aliphatic rings. The van der Waals surface area contributed by atoms with Gasteiger partial charge in [-0.2, -0.15) is 0 Å². The summed E-state index contributed by atoms with van der Waals surface area (Å²) in [4.78, 5) is 12.4. The van der Waals surface area contributed by atoms with E-state index in [1.807, 2.05) is 24.3 Å². The second-order valence-electron chi connectivity index (χ2n) is 9.04. The average molecular weight is 357 g/mol. The summed E-state index contributed by atoms with van der Waals surface area (Å²) in [5.74, 6) is 3.77. The summed E-state index contributed by atoms with van der Waals surface area (Å²) in [5, 5.41) is 6.58. The third-order valence-corrected chi connectivity index (χ3v) is 7.00. The molecule has 0 radical (unpaired) electrons. The molecule has 0 heterocycles. The second kappa shape index (κ2) is 7.22. The normalized spacial score (nSPS) is 33.1. The Kier molecular flexibility index (Phi) is 4.96. The molecule has 2 N–H and O–H groups in total. The van der Waals surface area contributed by atoms with E-state index in [0.29, 0.717) is 12.0 Å². The maximum atomic E-state index is 12.4. The number of ether oxygens (including phenoxy) is 1. The van der Waals surface area contributed by atoms with Crippen molar-refractivity contribution in [1.82, 2.24) is 10.6 Å². The lowest BCUT2D eigenvalue weighted by Crippen LogP contribution is -2.51. The summed E-state index contributed by atoms with van der Waals surface area (Å²) in [6.45, 7) is 3.30. The molecular weight excluding hydrogens is 324 g/mol. The van der Waals surface area contributed by atoms with E-state index < -0.39 is 0 Å². The van der Waals surface area contributed by atoms with Crippen molar-refractivity contribution in [1.29, 1.82) is 0 Å². The van der Waals surface area contributed by atoms with E-state index >= 15 is 0 Å². The second-order valence-corrected chi connectivity index (χ2v) is 9.04. The van der Waals surface area contributed by atoms with Gasteiger partial charge in [-0.3, -0.25) is 4.79 Å². The summed E-state index contributed by atoms with van der Waals surface area (Å²) in [7, 11) is 1.68. The van der Waals surface area contributed by atoms with Crippen molar-refractivity contribution in [3.05, 3.63) is 29.8 Å². The number of hydrogen-bond donors (Lipinski definition) is 2. The molecule has 4 aliphatic carbocycles. The molecule has 142 valence electrons. The van der Waals surface area contributed by atoms with Gasteiger partial charge in [0.2, 0.25) is 5.91 Å². The van der Waals surface area contributed by atoms with Gasteiger partial charge in [0.15, 0.2) is 0 Å². The maximum absolute atomic E-state index is 12.4. The first-order valence-electron chi connectivity index (χ1n) is 10.2.